The first-order valence-electron chi connectivity index (χ1n) is 7.34. The van der Waals surface area contributed by atoms with Gasteiger partial charge in [0.1, 0.15) is 5.00 Å². The second kappa shape index (κ2) is 6.28. The fourth-order valence-electron chi connectivity index (χ4n) is 2.44. The summed E-state index contributed by atoms with van der Waals surface area (Å²) in [5, 5.41) is 5.45. The predicted molar refractivity (Wildman–Crippen MR) is 84.9 cm³/mol. The third-order valence-electron chi connectivity index (χ3n) is 3.68. The third-order valence-corrected chi connectivity index (χ3v) is 4.51. The Balaban J connectivity index is 2.08. The molecular formula is C16H23NO3S. The molecule has 0 unspecified atom stereocenters. The van der Waals surface area contributed by atoms with Crippen molar-refractivity contribution in [3.8, 4) is 0 Å². The molecule has 1 fully saturated rings. The summed E-state index contributed by atoms with van der Waals surface area (Å²) in [5.41, 5.74) is 0.161. The standard InChI is InChI=1S/C16H23NO3S/c1-10-9-11(5-7-20-10)14(19)17-15-12(6-8-21-15)13(18)16(2,3)4/h6,8,10-11H,5,7,9H2,1-4H3,(H,17,19)/t10-,11+/m1/s1. The lowest BCUT2D eigenvalue weighted by molar-refractivity contribution is -0.124. The number of carbonyl (C=O) groups excluding carboxylic acids is 2. The number of thiophene rings is 1. The number of hydrogen-bond acceptors (Lipinski definition) is 4. The summed E-state index contributed by atoms with van der Waals surface area (Å²) in [6.45, 7) is 8.27. The molecular weight excluding hydrogens is 286 g/mol. The monoisotopic (exact) mass is 309 g/mol. The quantitative estimate of drug-likeness (QED) is 0.866. The first-order chi connectivity index (χ1) is 9.79. The van der Waals surface area contributed by atoms with Gasteiger partial charge < -0.3 is 10.1 Å². The fourth-order valence-corrected chi connectivity index (χ4v) is 3.23. The summed E-state index contributed by atoms with van der Waals surface area (Å²) in [5.74, 6) is 0.0170. The number of carbonyl (C=O) groups is 2. The minimum absolute atomic E-state index is 0.00411. The Morgan fingerprint density at radius 1 is 1.38 bits per heavy atom. The molecule has 0 saturated carbocycles. The minimum atomic E-state index is -0.451. The second-order valence-corrected chi connectivity index (χ2v) is 7.55. The van der Waals surface area contributed by atoms with E-state index in [0.717, 1.165) is 12.8 Å². The molecule has 1 aliphatic heterocycles. The van der Waals surface area contributed by atoms with E-state index < -0.39 is 5.41 Å². The maximum absolute atomic E-state index is 12.4. The summed E-state index contributed by atoms with van der Waals surface area (Å²) in [4.78, 5) is 24.8. The molecule has 2 rings (SSSR count). The third kappa shape index (κ3) is 3.92. The topological polar surface area (TPSA) is 55.4 Å². The molecule has 0 aromatic carbocycles. The van der Waals surface area contributed by atoms with Crippen molar-refractivity contribution < 1.29 is 14.3 Å². The van der Waals surface area contributed by atoms with E-state index in [4.69, 9.17) is 4.74 Å². The zero-order valence-corrected chi connectivity index (χ0v) is 13.9. The van der Waals surface area contributed by atoms with Crippen LogP contribution in [0.1, 0.15) is 50.9 Å². The summed E-state index contributed by atoms with van der Waals surface area (Å²) in [6.07, 6.45) is 1.60. The molecule has 1 amide bonds. The van der Waals surface area contributed by atoms with Gasteiger partial charge >= 0.3 is 0 Å². The summed E-state index contributed by atoms with van der Waals surface area (Å²) < 4.78 is 5.47. The number of ether oxygens (including phenoxy) is 1. The van der Waals surface area contributed by atoms with Crippen molar-refractivity contribution in [3.05, 3.63) is 17.0 Å². The molecule has 2 atom stereocenters. The van der Waals surface area contributed by atoms with E-state index in [2.05, 4.69) is 5.32 Å². The first-order valence-corrected chi connectivity index (χ1v) is 8.21. The minimum Gasteiger partial charge on any atom is -0.378 e. The zero-order valence-electron chi connectivity index (χ0n) is 13.1. The molecule has 1 saturated heterocycles. The van der Waals surface area contributed by atoms with Gasteiger partial charge in [0, 0.05) is 17.9 Å². The van der Waals surface area contributed by atoms with Crippen LogP contribution in [-0.4, -0.2) is 24.4 Å². The molecule has 5 heteroatoms. The Morgan fingerprint density at radius 3 is 2.71 bits per heavy atom. The average Bonchev–Trinajstić information content (AvgIpc) is 2.84. The van der Waals surface area contributed by atoms with Gasteiger partial charge in [0.15, 0.2) is 5.78 Å². The molecule has 21 heavy (non-hydrogen) atoms. The largest absolute Gasteiger partial charge is 0.378 e. The normalized spacial score (nSPS) is 22.9. The predicted octanol–water partition coefficient (Wildman–Crippen LogP) is 3.73. The lowest BCUT2D eigenvalue weighted by Crippen LogP contribution is -2.32. The van der Waals surface area contributed by atoms with Gasteiger partial charge in [0.2, 0.25) is 5.91 Å². The van der Waals surface area contributed by atoms with Crippen LogP contribution >= 0.6 is 11.3 Å². The van der Waals surface area contributed by atoms with Crippen LogP contribution in [0.4, 0.5) is 5.00 Å². The zero-order chi connectivity index (χ0) is 15.6. The van der Waals surface area contributed by atoms with Crippen molar-refractivity contribution in [2.24, 2.45) is 11.3 Å². The lowest BCUT2D eigenvalue weighted by Gasteiger charge is -2.26. The highest BCUT2D eigenvalue weighted by Gasteiger charge is 2.29. The van der Waals surface area contributed by atoms with Gasteiger partial charge in [0.25, 0.3) is 0 Å². The Hall–Kier alpha value is -1.20. The van der Waals surface area contributed by atoms with Crippen molar-refractivity contribution in [1.29, 1.82) is 0 Å². The SMILES string of the molecule is C[C@@H]1C[C@@H](C(=O)Nc2sccc2C(=O)C(C)(C)C)CCO1. The van der Waals surface area contributed by atoms with Crippen molar-refractivity contribution in [3.63, 3.8) is 0 Å². The van der Waals surface area contributed by atoms with Crippen molar-refractivity contribution in [2.45, 2.75) is 46.6 Å². The summed E-state index contributed by atoms with van der Waals surface area (Å²) in [7, 11) is 0. The number of anilines is 1. The van der Waals surface area contributed by atoms with Gasteiger partial charge in [-0.25, -0.2) is 0 Å². The summed E-state index contributed by atoms with van der Waals surface area (Å²) >= 11 is 1.40. The van der Waals surface area contributed by atoms with Crippen molar-refractivity contribution >= 4 is 28.0 Å². The maximum Gasteiger partial charge on any atom is 0.228 e. The van der Waals surface area contributed by atoms with Crippen LogP contribution in [0.2, 0.25) is 0 Å². The Labute approximate surface area is 129 Å². The molecule has 1 aromatic rings. The van der Waals surface area contributed by atoms with Crippen molar-refractivity contribution in [2.75, 3.05) is 11.9 Å². The molecule has 0 aliphatic carbocycles. The molecule has 1 aromatic heterocycles. The number of rotatable bonds is 3. The van der Waals surface area contributed by atoms with Crippen LogP contribution in [0.5, 0.6) is 0 Å². The van der Waals surface area contributed by atoms with Gasteiger partial charge in [-0.05, 0) is 31.2 Å². The molecule has 0 bridgehead atoms. The Bertz CT molecular complexity index is 530. The number of nitrogens with one attached hydrogen (secondary N) is 1. The lowest BCUT2D eigenvalue weighted by atomic mass is 9.87. The number of ketones is 1. The van der Waals surface area contributed by atoms with Crippen LogP contribution < -0.4 is 5.32 Å². The highest BCUT2D eigenvalue weighted by molar-refractivity contribution is 7.14. The maximum atomic E-state index is 12.4. The van der Waals surface area contributed by atoms with Crippen LogP contribution in [-0.2, 0) is 9.53 Å². The molecule has 0 radical (unpaired) electrons. The molecule has 1 N–H and O–H groups in total. The van der Waals surface area contributed by atoms with Crippen LogP contribution in [0, 0.1) is 11.3 Å². The second-order valence-electron chi connectivity index (χ2n) is 6.63. The smallest absolute Gasteiger partial charge is 0.228 e. The van der Waals surface area contributed by atoms with E-state index in [1.54, 1.807) is 6.07 Å². The van der Waals surface area contributed by atoms with Gasteiger partial charge in [0.05, 0.1) is 11.7 Å². The number of amides is 1. The van der Waals surface area contributed by atoms with Crippen LogP contribution in [0.15, 0.2) is 11.4 Å². The summed E-state index contributed by atoms with van der Waals surface area (Å²) in [6, 6.07) is 1.79. The molecule has 0 spiro atoms. The average molecular weight is 309 g/mol. The Morgan fingerprint density at radius 2 is 2.10 bits per heavy atom. The fraction of sp³-hybridized carbons (Fsp3) is 0.625. The van der Waals surface area contributed by atoms with Gasteiger partial charge in [-0.15, -0.1) is 11.3 Å². The molecule has 4 nitrogen and oxygen atoms in total. The van der Waals surface area contributed by atoms with E-state index in [1.165, 1.54) is 11.3 Å². The van der Waals surface area contributed by atoms with Crippen LogP contribution in [0.3, 0.4) is 0 Å². The van der Waals surface area contributed by atoms with Crippen molar-refractivity contribution in [1.82, 2.24) is 0 Å². The van der Waals surface area contributed by atoms with Gasteiger partial charge in [-0.2, -0.15) is 0 Å². The molecule has 116 valence electrons. The molecule has 2 heterocycles. The highest BCUT2D eigenvalue weighted by atomic mass is 32.1. The van der Waals surface area contributed by atoms with Gasteiger partial charge in [-0.3, -0.25) is 9.59 Å². The first kappa shape index (κ1) is 16.2. The Kier molecular flexibility index (Phi) is 4.84. The van der Waals surface area contributed by atoms with E-state index in [9.17, 15) is 9.59 Å². The van der Waals surface area contributed by atoms with Gasteiger partial charge in [-0.1, -0.05) is 20.8 Å². The number of hydrogen-bond donors (Lipinski definition) is 1. The highest BCUT2D eigenvalue weighted by Crippen LogP contribution is 2.31. The van der Waals surface area contributed by atoms with Crippen LogP contribution in [0.25, 0.3) is 0 Å². The van der Waals surface area contributed by atoms with E-state index in [1.807, 2.05) is 33.1 Å². The van der Waals surface area contributed by atoms with E-state index in [-0.39, 0.29) is 23.7 Å². The van der Waals surface area contributed by atoms with E-state index >= 15 is 0 Å². The molecule has 1 aliphatic rings. The van der Waals surface area contributed by atoms with E-state index in [0.29, 0.717) is 17.2 Å². The number of Topliss-reactive ketones (excluding diaryl/α,β-unsaturated/α-hetero) is 1.